The Morgan fingerprint density at radius 1 is 1.35 bits per heavy atom. The van der Waals surface area contributed by atoms with E-state index in [-0.39, 0.29) is 5.56 Å². The number of aryl methyl sites for hydroxylation is 1. The number of hydrogen-bond donors (Lipinski definition) is 1. The molecule has 1 aromatic carbocycles. The standard InChI is InChI=1S/C15H18FNO3/c1-10-5-6-12(16)11(9-10)13(18)17-8-4-3-7-15(17,2)14(19)20/h5-6,9H,3-4,7-8H2,1-2H3,(H,19,20). The van der Waals surface area contributed by atoms with E-state index >= 15 is 0 Å². The number of carbonyl (C=O) groups is 2. The van der Waals surface area contributed by atoms with Gasteiger partial charge in [-0.2, -0.15) is 0 Å². The van der Waals surface area contributed by atoms with Crippen molar-refractivity contribution in [2.24, 2.45) is 0 Å². The Morgan fingerprint density at radius 3 is 2.70 bits per heavy atom. The minimum absolute atomic E-state index is 0.0561. The van der Waals surface area contributed by atoms with Crippen molar-refractivity contribution in [2.75, 3.05) is 6.54 Å². The van der Waals surface area contributed by atoms with Gasteiger partial charge in [-0.1, -0.05) is 11.6 Å². The Labute approximate surface area is 117 Å². The second-order valence-corrected chi connectivity index (χ2v) is 5.48. The van der Waals surface area contributed by atoms with Gasteiger partial charge in [-0.05, 0) is 45.2 Å². The number of hydrogen-bond acceptors (Lipinski definition) is 2. The largest absolute Gasteiger partial charge is 0.480 e. The van der Waals surface area contributed by atoms with Crippen LogP contribution in [-0.4, -0.2) is 34.0 Å². The average molecular weight is 279 g/mol. The molecule has 20 heavy (non-hydrogen) atoms. The first kappa shape index (κ1) is 14.5. The van der Waals surface area contributed by atoms with Gasteiger partial charge in [0.25, 0.3) is 5.91 Å². The average Bonchev–Trinajstić information content (AvgIpc) is 2.41. The third-order valence-electron chi connectivity index (χ3n) is 3.95. The third kappa shape index (κ3) is 2.40. The first-order chi connectivity index (χ1) is 9.36. The van der Waals surface area contributed by atoms with E-state index in [1.165, 1.54) is 24.0 Å². The zero-order chi connectivity index (χ0) is 14.9. The summed E-state index contributed by atoms with van der Waals surface area (Å²) in [5.74, 6) is -2.20. The number of halogens is 1. The van der Waals surface area contributed by atoms with Crippen LogP contribution in [0, 0.1) is 12.7 Å². The van der Waals surface area contributed by atoms with Gasteiger partial charge in [0.05, 0.1) is 5.56 Å². The predicted molar refractivity (Wildman–Crippen MR) is 72.1 cm³/mol. The minimum atomic E-state index is -1.26. The molecule has 1 heterocycles. The molecule has 2 rings (SSSR count). The zero-order valence-corrected chi connectivity index (χ0v) is 11.6. The number of rotatable bonds is 2. The Balaban J connectivity index is 2.40. The number of piperidine rings is 1. The molecule has 1 fully saturated rings. The summed E-state index contributed by atoms with van der Waals surface area (Å²) >= 11 is 0. The van der Waals surface area contributed by atoms with Crippen LogP contribution in [0.15, 0.2) is 18.2 Å². The van der Waals surface area contributed by atoms with Crippen molar-refractivity contribution >= 4 is 11.9 Å². The molecular formula is C15H18FNO3. The van der Waals surface area contributed by atoms with Gasteiger partial charge in [0, 0.05) is 6.54 Å². The van der Waals surface area contributed by atoms with Gasteiger partial charge in [0.15, 0.2) is 0 Å². The monoisotopic (exact) mass is 279 g/mol. The maximum Gasteiger partial charge on any atom is 0.329 e. The second kappa shape index (κ2) is 5.23. The van der Waals surface area contributed by atoms with E-state index in [4.69, 9.17) is 0 Å². The molecular weight excluding hydrogens is 261 g/mol. The summed E-state index contributed by atoms with van der Waals surface area (Å²) in [6.07, 6.45) is 1.88. The van der Waals surface area contributed by atoms with Crippen LogP contribution in [0.1, 0.15) is 42.1 Å². The predicted octanol–water partition coefficient (Wildman–Crippen LogP) is 2.60. The van der Waals surface area contributed by atoms with E-state index in [1.54, 1.807) is 13.0 Å². The van der Waals surface area contributed by atoms with Crippen molar-refractivity contribution in [2.45, 2.75) is 38.6 Å². The number of nitrogens with zero attached hydrogens (tertiary/aromatic N) is 1. The molecule has 5 heteroatoms. The third-order valence-corrected chi connectivity index (χ3v) is 3.95. The topological polar surface area (TPSA) is 57.6 Å². The molecule has 1 saturated heterocycles. The van der Waals surface area contributed by atoms with Gasteiger partial charge in [-0.3, -0.25) is 4.79 Å². The van der Waals surface area contributed by atoms with Crippen molar-refractivity contribution in [1.82, 2.24) is 4.90 Å². The van der Waals surface area contributed by atoms with Crippen LogP contribution in [0.25, 0.3) is 0 Å². The molecule has 108 valence electrons. The molecule has 0 saturated carbocycles. The number of carbonyl (C=O) groups excluding carboxylic acids is 1. The molecule has 1 amide bonds. The fourth-order valence-corrected chi connectivity index (χ4v) is 2.62. The van der Waals surface area contributed by atoms with Crippen LogP contribution in [0.2, 0.25) is 0 Å². The Hall–Kier alpha value is -1.91. The number of carboxylic acids is 1. The number of amides is 1. The molecule has 1 aliphatic heterocycles. The van der Waals surface area contributed by atoms with Crippen molar-refractivity contribution < 1.29 is 19.1 Å². The summed E-state index contributed by atoms with van der Waals surface area (Å²) in [6, 6.07) is 4.29. The van der Waals surface area contributed by atoms with Crippen molar-refractivity contribution in [3.63, 3.8) is 0 Å². The van der Waals surface area contributed by atoms with Gasteiger partial charge in [-0.15, -0.1) is 0 Å². The molecule has 1 aromatic rings. The van der Waals surface area contributed by atoms with E-state index in [0.29, 0.717) is 13.0 Å². The summed E-state index contributed by atoms with van der Waals surface area (Å²) in [6.45, 7) is 3.64. The van der Waals surface area contributed by atoms with E-state index in [0.717, 1.165) is 18.4 Å². The van der Waals surface area contributed by atoms with E-state index in [2.05, 4.69) is 0 Å². The van der Waals surface area contributed by atoms with Gasteiger partial charge in [0.1, 0.15) is 11.4 Å². The number of carboxylic acid groups (broad SMARTS) is 1. The fourth-order valence-electron chi connectivity index (χ4n) is 2.62. The van der Waals surface area contributed by atoms with Crippen molar-refractivity contribution in [1.29, 1.82) is 0 Å². The highest BCUT2D eigenvalue weighted by Gasteiger charge is 2.44. The SMILES string of the molecule is Cc1ccc(F)c(C(=O)N2CCCCC2(C)C(=O)O)c1. The molecule has 1 unspecified atom stereocenters. The maximum absolute atomic E-state index is 13.8. The lowest BCUT2D eigenvalue weighted by atomic mass is 9.87. The number of aliphatic carboxylic acids is 1. The van der Waals surface area contributed by atoms with Crippen molar-refractivity contribution in [3.8, 4) is 0 Å². The molecule has 0 aromatic heterocycles. The lowest BCUT2D eigenvalue weighted by molar-refractivity contribution is -0.150. The number of benzene rings is 1. The molecule has 0 aliphatic carbocycles. The summed E-state index contributed by atoms with van der Waals surface area (Å²) < 4.78 is 13.8. The summed E-state index contributed by atoms with van der Waals surface area (Å²) in [4.78, 5) is 25.3. The van der Waals surface area contributed by atoms with Crippen LogP contribution >= 0.6 is 0 Å². The Kier molecular flexibility index (Phi) is 3.79. The van der Waals surface area contributed by atoms with Crippen LogP contribution in [0.5, 0.6) is 0 Å². The molecule has 1 atom stereocenters. The quantitative estimate of drug-likeness (QED) is 0.905. The van der Waals surface area contributed by atoms with Crippen LogP contribution < -0.4 is 0 Å². The van der Waals surface area contributed by atoms with Gasteiger partial charge in [0.2, 0.25) is 0 Å². The fraction of sp³-hybridized carbons (Fsp3) is 0.467. The lowest BCUT2D eigenvalue weighted by Crippen LogP contribution is -2.57. The van der Waals surface area contributed by atoms with E-state index < -0.39 is 23.2 Å². The van der Waals surface area contributed by atoms with Gasteiger partial charge in [-0.25, -0.2) is 9.18 Å². The second-order valence-electron chi connectivity index (χ2n) is 5.48. The highest BCUT2D eigenvalue weighted by atomic mass is 19.1. The molecule has 1 aliphatic rings. The van der Waals surface area contributed by atoms with Gasteiger partial charge >= 0.3 is 5.97 Å². The molecule has 0 radical (unpaired) electrons. The Bertz CT molecular complexity index is 558. The van der Waals surface area contributed by atoms with E-state index in [1.807, 2.05) is 0 Å². The Morgan fingerprint density at radius 2 is 2.05 bits per heavy atom. The molecule has 0 bridgehead atoms. The molecule has 4 nitrogen and oxygen atoms in total. The lowest BCUT2D eigenvalue weighted by Gasteiger charge is -2.41. The summed E-state index contributed by atoms with van der Waals surface area (Å²) in [5.41, 5.74) is -0.547. The first-order valence-electron chi connectivity index (χ1n) is 6.68. The summed E-state index contributed by atoms with van der Waals surface area (Å²) in [7, 11) is 0. The number of likely N-dealkylation sites (tertiary alicyclic amines) is 1. The van der Waals surface area contributed by atoms with Crippen LogP contribution in [-0.2, 0) is 4.79 Å². The van der Waals surface area contributed by atoms with Crippen molar-refractivity contribution in [3.05, 3.63) is 35.1 Å². The smallest absolute Gasteiger partial charge is 0.329 e. The van der Waals surface area contributed by atoms with E-state index in [9.17, 15) is 19.1 Å². The highest BCUT2D eigenvalue weighted by molar-refractivity contribution is 5.98. The summed E-state index contributed by atoms with van der Waals surface area (Å²) in [5, 5.41) is 9.40. The highest BCUT2D eigenvalue weighted by Crippen LogP contribution is 2.30. The molecule has 1 N–H and O–H groups in total. The zero-order valence-electron chi connectivity index (χ0n) is 11.6. The first-order valence-corrected chi connectivity index (χ1v) is 6.68. The van der Waals surface area contributed by atoms with Crippen LogP contribution in [0.3, 0.4) is 0 Å². The molecule has 0 spiro atoms. The minimum Gasteiger partial charge on any atom is -0.480 e. The van der Waals surface area contributed by atoms with Gasteiger partial charge < -0.3 is 10.0 Å². The normalized spacial score (nSPS) is 22.6. The van der Waals surface area contributed by atoms with Crippen LogP contribution in [0.4, 0.5) is 4.39 Å². The maximum atomic E-state index is 13.8.